The third-order valence-electron chi connectivity index (χ3n) is 3.23. The molecule has 0 fully saturated rings. The second kappa shape index (κ2) is 4.78. The Bertz CT molecular complexity index is 824. The average molecular weight is 262 g/mol. The van der Waals surface area contributed by atoms with Gasteiger partial charge in [0.05, 0.1) is 6.07 Å². The van der Waals surface area contributed by atoms with E-state index in [0.29, 0.717) is 0 Å². The van der Waals surface area contributed by atoms with Crippen molar-refractivity contribution in [2.24, 2.45) is 0 Å². The first-order valence-corrected chi connectivity index (χ1v) is 6.46. The number of nitriles is 1. The molecule has 4 heteroatoms. The summed E-state index contributed by atoms with van der Waals surface area (Å²) < 4.78 is 1.86. The molecule has 0 aliphatic carbocycles. The number of aromatic nitrogens is 3. The molecule has 0 amide bonds. The Hall–Kier alpha value is -2.67. The molecule has 2 heterocycles. The molecule has 0 saturated carbocycles. The lowest BCUT2D eigenvalue weighted by atomic mass is 10.1. The highest BCUT2D eigenvalue weighted by atomic mass is 15.1. The van der Waals surface area contributed by atoms with Gasteiger partial charge in [0.1, 0.15) is 17.9 Å². The van der Waals surface area contributed by atoms with E-state index in [4.69, 9.17) is 5.26 Å². The predicted molar refractivity (Wildman–Crippen MR) is 78.1 cm³/mol. The van der Waals surface area contributed by atoms with Crippen molar-refractivity contribution in [1.82, 2.24) is 14.5 Å². The number of imidazole rings is 1. The molecule has 0 aliphatic rings. The summed E-state index contributed by atoms with van der Waals surface area (Å²) in [7, 11) is 0. The number of hydrogen-bond acceptors (Lipinski definition) is 3. The lowest BCUT2D eigenvalue weighted by Gasteiger charge is -2.05. The smallest absolute Gasteiger partial charge is 0.161 e. The molecule has 0 saturated heterocycles. The van der Waals surface area contributed by atoms with Gasteiger partial charge in [-0.05, 0) is 31.5 Å². The summed E-state index contributed by atoms with van der Waals surface area (Å²) in [6.07, 6.45) is 1.80. The minimum atomic E-state index is 0.246. The fourth-order valence-corrected chi connectivity index (χ4v) is 2.34. The van der Waals surface area contributed by atoms with E-state index < -0.39 is 0 Å². The van der Waals surface area contributed by atoms with Gasteiger partial charge in [-0.3, -0.25) is 4.57 Å². The summed E-state index contributed by atoms with van der Waals surface area (Å²) in [6.45, 7) is 4.28. The van der Waals surface area contributed by atoms with Crippen molar-refractivity contribution < 1.29 is 0 Å². The molecule has 0 N–H and O–H groups in total. The van der Waals surface area contributed by atoms with Crippen LogP contribution in [0.4, 0.5) is 0 Å². The van der Waals surface area contributed by atoms with Crippen molar-refractivity contribution in [2.45, 2.75) is 20.4 Å². The van der Waals surface area contributed by atoms with Crippen LogP contribution in [0.25, 0.3) is 22.6 Å². The molecule has 20 heavy (non-hydrogen) atoms. The molecule has 3 aromatic rings. The lowest BCUT2D eigenvalue weighted by molar-refractivity contribution is 0.857. The maximum Gasteiger partial charge on any atom is 0.161 e. The maximum atomic E-state index is 9.05. The van der Waals surface area contributed by atoms with E-state index in [-0.39, 0.29) is 6.54 Å². The fourth-order valence-electron chi connectivity index (χ4n) is 2.34. The highest BCUT2D eigenvalue weighted by Gasteiger charge is 2.13. The summed E-state index contributed by atoms with van der Waals surface area (Å²) in [6, 6.07) is 12.3. The topological polar surface area (TPSA) is 54.5 Å². The molecule has 98 valence electrons. The summed E-state index contributed by atoms with van der Waals surface area (Å²) in [5, 5.41) is 9.05. The van der Waals surface area contributed by atoms with Gasteiger partial charge >= 0.3 is 0 Å². The van der Waals surface area contributed by atoms with Gasteiger partial charge in [-0.1, -0.05) is 23.8 Å². The summed E-state index contributed by atoms with van der Waals surface area (Å²) in [4.78, 5) is 9.07. The number of benzene rings is 1. The van der Waals surface area contributed by atoms with Crippen molar-refractivity contribution in [3.63, 3.8) is 0 Å². The van der Waals surface area contributed by atoms with Crippen LogP contribution >= 0.6 is 0 Å². The van der Waals surface area contributed by atoms with Crippen LogP contribution in [0.15, 0.2) is 36.5 Å². The molecule has 0 atom stereocenters. The van der Waals surface area contributed by atoms with Crippen molar-refractivity contribution in [3.05, 3.63) is 47.7 Å². The van der Waals surface area contributed by atoms with Gasteiger partial charge in [-0.2, -0.15) is 5.26 Å². The third-order valence-corrected chi connectivity index (χ3v) is 3.23. The van der Waals surface area contributed by atoms with Gasteiger partial charge in [-0.15, -0.1) is 0 Å². The van der Waals surface area contributed by atoms with Crippen molar-refractivity contribution >= 4 is 11.2 Å². The number of pyridine rings is 1. The molecule has 1 aromatic carbocycles. The number of hydrogen-bond donors (Lipinski definition) is 0. The minimum absolute atomic E-state index is 0.246. The molecular weight excluding hydrogens is 248 g/mol. The zero-order valence-electron chi connectivity index (χ0n) is 11.5. The zero-order valence-corrected chi connectivity index (χ0v) is 11.5. The van der Waals surface area contributed by atoms with Gasteiger partial charge in [0.25, 0.3) is 0 Å². The first-order valence-electron chi connectivity index (χ1n) is 6.46. The Labute approximate surface area is 117 Å². The molecule has 4 nitrogen and oxygen atoms in total. The normalized spacial score (nSPS) is 10.7. The van der Waals surface area contributed by atoms with Crippen LogP contribution in [0, 0.1) is 25.2 Å². The lowest BCUT2D eigenvalue weighted by Crippen LogP contribution is -2.00. The molecule has 0 bridgehead atoms. The average Bonchev–Trinajstić information content (AvgIpc) is 2.77. The van der Waals surface area contributed by atoms with Crippen LogP contribution in [0.3, 0.4) is 0 Å². The van der Waals surface area contributed by atoms with E-state index in [1.807, 2.05) is 42.7 Å². The van der Waals surface area contributed by atoms with Crippen LogP contribution in [0.5, 0.6) is 0 Å². The van der Waals surface area contributed by atoms with Crippen LogP contribution in [0.1, 0.15) is 11.1 Å². The Balaban J connectivity index is 2.29. The number of nitrogens with zero attached hydrogens (tertiary/aromatic N) is 4. The Morgan fingerprint density at radius 3 is 2.80 bits per heavy atom. The van der Waals surface area contributed by atoms with Crippen LogP contribution < -0.4 is 0 Å². The summed E-state index contributed by atoms with van der Waals surface area (Å²) in [5.74, 6) is 0.795. The monoisotopic (exact) mass is 262 g/mol. The Morgan fingerprint density at radius 1 is 1.20 bits per heavy atom. The number of aryl methyl sites for hydroxylation is 2. The molecule has 0 spiro atoms. The van der Waals surface area contributed by atoms with Gasteiger partial charge < -0.3 is 0 Å². The quantitative estimate of drug-likeness (QED) is 0.712. The first-order chi connectivity index (χ1) is 9.69. The van der Waals surface area contributed by atoms with E-state index in [1.54, 1.807) is 6.20 Å². The van der Waals surface area contributed by atoms with Gasteiger partial charge in [0, 0.05) is 11.8 Å². The predicted octanol–water partition coefficient (Wildman–Crippen LogP) is 3.24. The molecule has 3 rings (SSSR count). The highest BCUT2D eigenvalue weighted by Crippen LogP contribution is 2.24. The summed E-state index contributed by atoms with van der Waals surface area (Å²) in [5.41, 5.74) is 4.83. The molecule has 0 aliphatic heterocycles. The minimum Gasteiger partial charge on any atom is -0.295 e. The molecule has 0 radical (unpaired) electrons. The fraction of sp³-hybridized carbons (Fsp3) is 0.188. The molecular formula is C16H14N4. The Morgan fingerprint density at radius 2 is 2.05 bits per heavy atom. The third kappa shape index (κ3) is 2.04. The van der Waals surface area contributed by atoms with Crippen molar-refractivity contribution in [1.29, 1.82) is 5.26 Å². The van der Waals surface area contributed by atoms with E-state index in [0.717, 1.165) is 28.1 Å². The van der Waals surface area contributed by atoms with E-state index in [1.165, 1.54) is 5.56 Å². The summed E-state index contributed by atoms with van der Waals surface area (Å²) >= 11 is 0. The van der Waals surface area contributed by atoms with Crippen molar-refractivity contribution in [3.8, 4) is 17.5 Å². The van der Waals surface area contributed by atoms with E-state index in [2.05, 4.69) is 22.1 Å². The van der Waals surface area contributed by atoms with E-state index >= 15 is 0 Å². The maximum absolute atomic E-state index is 9.05. The van der Waals surface area contributed by atoms with Crippen LogP contribution in [-0.4, -0.2) is 14.5 Å². The molecule has 2 aromatic heterocycles. The molecule has 0 unspecified atom stereocenters. The second-order valence-electron chi connectivity index (χ2n) is 4.90. The zero-order chi connectivity index (χ0) is 14.1. The first kappa shape index (κ1) is 12.4. The van der Waals surface area contributed by atoms with E-state index in [9.17, 15) is 0 Å². The number of fused-ring (bicyclic) bond motifs is 1. The standard InChI is InChI=1S/C16H14N4/c1-11-4-3-5-13(8-11)15-19-14-9-12(2)10-18-16(14)20(15)7-6-17/h3-5,8-10H,7H2,1-2H3. The van der Waals surface area contributed by atoms with Gasteiger partial charge in [0.15, 0.2) is 5.65 Å². The number of rotatable bonds is 2. The largest absolute Gasteiger partial charge is 0.295 e. The van der Waals surface area contributed by atoms with Crippen molar-refractivity contribution in [2.75, 3.05) is 0 Å². The highest BCUT2D eigenvalue weighted by molar-refractivity contribution is 5.77. The second-order valence-corrected chi connectivity index (χ2v) is 4.90. The van der Waals surface area contributed by atoms with Gasteiger partial charge in [0.2, 0.25) is 0 Å². The Kier molecular flexibility index (Phi) is 2.96. The van der Waals surface area contributed by atoms with Crippen LogP contribution in [-0.2, 0) is 6.54 Å². The SMILES string of the molecule is Cc1cccc(-c2nc3cc(C)cnc3n2CC#N)c1. The van der Waals surface area contributed by atoms with Crippen LogP contribution in [0.2, 0.25) is 0 Å². The van der Waals surface area contributed by atoms with Gasteiger partial charge in [-0.25, -0.2) is 9.97 Å².